The van der Waals surface area contributed by atoms with E-state index < -0.39 is 0 Å². The Kier molecular flexibility index (Phi) is 5.96. The highest BCUT2D eigenvalue weighted by Gasteiger charge is 2.34. The Morgan fingerprint density at radius 1 is 1.07 bits per heavy atom. The number of rotatable bonds is 6. The standard InChI is InChI=1S/C25H25ClN2O2/c1-3-4-15-30-20-13-10-18(11-14-20)24-27-23-8-6-5-7-21(23)25(29)28(24)19-12-9-17(2)22(26)16-19/h5-14,16,24,27H,3-4,15H2,1-2H3. The van der Waals surface area contributed by atoms with Crippen molar-refractivity contribution in [2.45, 2.75) is 32.9 Å². The fourth-order valence-corrected chi connectivity index (χ4v) is 3.74. The van der Waals surface area contributed by atoms with E-state index in [-0.39, 0.29) is 12.1 Å². The van der Waals surface area contributed by atoms with E-state index in [9.17, 15) is 4.79 Å². The van der Waals surface area contributed by atoms with E-state index in [0.717, 1.165) is 41.1 Å². The van der Waals surface area contributed by atoms with Gasteiger partial charge in [-0.2, -0.15) is 0 Å². The number of anilines is 2. The summed E-state index contributed by atoms with van der Waals surface area (Å²) >= 11 is 6.38. The molecule has 0 saturated heterocycles. The number of benzene rings is 3. The first-order valence-electron chi connectivity index (χ1n) is 10.3. The molecule has 0 spiro atoms. The second-order valence-corrected chi connectivity index (χ2v) is 7.88. The van der Waals surface area contributed by atoms with Gasteiger partial charge in [0.25, 0.3) is 5.91 Å². The average Bonchev–Trinajstić information content (AvgIpc) is 2.76. The molecule has 0 fully saturated rings. The first-order valence-corrected chi connectivity index (χ1v) is 10.6. The predicted molar refractivity (Wildman–Crippen MR) is 123 cm³/mol. The van der Waals surface area contributed by atoms with Crippen molar-refractivity contribution in [3.63, 3.8) is 0 Å². The molecule has 0 radical (unpaired) electrons. The number of nitrogens with one attached hydrogen (secondary N) is 1. The third-order valence-corrected chi connectivity index (χ3v) is 5.73. The van der Waals surface area contributed by atoms with Crippen molar-refractivity contribution in [2.75, 3.05) is 16.8 Å². The highest BCUT2D eigenvalue weighted by Crippen LogP contribution is 2.38. The highest BCUT2D eigenvalue weighted by molar-refractivity contribution is 6.31. The lowest BCUT2D eigenvalue weighted by molar-refractivity contribution is 0.0975. The van der Waals surface area contributed by atoms with E-state index in [1.807, 2.05) is 73.7 Å². The summed E-state index contributed by atoms with van der Waals surface area (Å²) in [5.74, 6) is 0.775. The largest absolute Gasteiger partial charge is 0.494 e. The van der Waals surface area contributed by atoms with Crippen LogP contribution in [-0.2, 0) is 0 Å². The third-order valence-electron chi connectivity index (χ3n) is 5.32. The van der Waals surface area contributed by atoms with E-state index in [1.54, 1.807) is 4.90 Å². The van der Waals surface area contributed by atoms with E-state index in [2.05, 4.69) is 12.2 Å². The Morgan fingerprint density at radius 2 is 1.83 bits per heavy atom. The van der Waals surface area contributed by atoms with Crippen LogP contribution in [0.1, 0.15) is 47.4 Å². The zero-order valence-electron chi connectivity index (χ0n) is 17.2. The van der Waals surface area contributed by atoms with E-state index in [0.29, 0.717) is 17.2 Å². The fraction of sp³-hybridized carbons (Fsp3) is 0.240. The molecule has 30 heavy (non-hydrogen) atoms. The number of hydrogen-bond donors (Lipinski definition) is 1. The van der Waals surface area contributed by atoms with Crippen molar-refractivity contribution in [3.05, 3.63) is 88.4 Å². The van der Waals surface area contributed by atoms with Gasteiger partial charge in [-0.25, -0.2) is 0 Å². The molecule has 0 aromatic heterocycles. The maximum Gasteiger partial charge on any atom is 0.262 e. The van der Waals surface area contributed by atoms with Crippen LogP contribution in [-0.4, -0.2) is 12.5 Å². The predicted octanol–water partition coefficient (Wildman–Crippen LogP) is 6.60. The summed E-state index contributed by atoms with van der Waals surface area (Å²) in [7, 11) is 0. The second kappa shape index (κ2) is 8.80. The van der Waals surface area contributed by atoms with Gasteiger partial charge in [-0.1, -0.05) is 55.3 Å². The molecule has 1 aliphatic heterocycles. The molecule has 0 bridgehead atoms. The summed E-state index contributed by atoms with van der Waals surface area (Å²) in [5, 5.41) is 4.16. The maximum absolute atomic E-state index is 13.5. The highest BCUT2D eigenvalue weighted by atomic mass is 35.5. The Hall–Kier alpha value is -2.98. The minimum atomic E-state index is -0.351. The number of hydrogen-bond acceptors (Lipinski definition) is 3. The van der Waals surface area contributed by atoms with Crippen LogP contribution in [0.4, 0.5) is 11.4 Å². The lowest BCUT2D eigenvalue weighted by atomic mass is 10.0. The van der Waals surface area contributed by atoms with Gasteiger partial charge in [-0.05, 0) is 60.9 Å². The summed E-state index contributed by atoms with van der Waals surface area (Å²) in [6.07, 6.45) is 1.77. The molecule has 0 aliphatic carbocycles. The summed E-state index contributed by atoms with van der Waals surface area (Å²) in [6, 6.07) is 21.2. The van der Waals surface area contributed by atoms with Crippen molar-refractivity contribution < 1.29 is 9.53 Å². The minimum Gasteiger partial charge on any atom is -0.494 e. The fourth-order valence-electron chi connectivity index (χ4n) is 3.57. The quantitative estimate of drug-likeness (QED) is 0.457. The smallest absolute Gasteiger partial charge is 0.262 e. The molecule has 5 heteroatoms. The van der Waals surface area contributed by atoms with Gasteiger partial charge in [0, 0.05) is 16.4 Å². The Balaban J connectivity index is 1.71. The number of nitrogens with zero attached hydrogens (tertiary/aromatic N) is 1. The zero-order chi connectivity index (χ0) is 21.1. The van der Waals surface area contributed by atoms with Crippen molar-refractivity contribution in [2.24, 2.45) is 0 Å². The summed E-state index contributed by atoms with van der Waals surface area (Å²) in [4.78, 5) is 15.2. The molecule has 1 unspecified atom stereocenters. The summed E-state index contributed by atoms with van der Waals surface area (Å²) < 4.78 is 5.79. The van der Waals surface area contributed by atoms with E-state index in [4.69, 9.17) is 16.3 Å². The molecular weight excluding hydrogens is 396 g/mol. The molecule has 1 N–H and O–H groups in total. The van der Waals surface area contributed by atoms with Crippen LogP contribution in [0.2, 0.25) is 5.02 Å². The van der Waals surface area contributed by atoms with Gasteiger partial charge in [-0.3, -0.25) is 9.69 Å². The number of carbonyl (C=O) groups is 1. The van der Waals surface area contributed by atoms with Crippen LogP contribution in [0, 0.1) is 6.92 Å². The number of ether oxygens (including phenoxy) is 1. The molecule has 1 amide bonds. The number of unbranched alkanes of at least 4 members (excludes halogenated alkanes) is 1. The molecule has 3 aromatic rings. The van der Waals surface area contributed by atoms with E-state index in [1.165, 1.54) is 0 Å². The minimum absolute atomic E-state index is 0.0578. The molecule has 4 nitrogen and oxygen atoms in total. The molecule has 3 aromatic carbocycles. The first kappa shape index (κ1) is 20.3. The normalized spacial score (nSPS) is 15.5. The van der Waals surface area contributed by atoms with Crippen molar-refractivity contribution >= 4 is 28.9 Å². The Labute approximate surface area is 182 Å². The topological polar surface area (TPSA) is 41.6 Å². The average molecular weight is 421 g/mol. The first-order chi connectivity index (χ1) is 14.6. The van der Waals surface area contributed by atoms with Gasteiger partial charge < -0.3 is 10.1 Å². The van der Waals surface area contributed by atoms with Crippen molar-refractivity contribution in [1.82, 2.24) is 0 Å². The van der Waals surface area contributed by atoms with Crippen LogP contribution in [0.5, 0.6) is 5.75 Å². The van der Waals surface area contributed by atoms with Crippen molar-refractivity contribution in [3.8, 4) is 5.75 Å². The molecule has 4 rings (SSSR count). The number of amides is 1. The third kappa shape index (κ3) is 4.01. The summed E-state index contributed by atoms with van der Waals surface area (Å²) in [6.45, 7) is 4.80. The van der Waals surface area contributed by atoms with Gasteiger partial charge in [-0.15, -0.1) is 0 Å². The number of carbonyl (C=O) groups excluding carboxylic acids is 1. The van der Waals surface area contributed by atoms with Crippen molar-refractivity contribution in [1.29, 1.82) is 0 Å². The van der Waals surface area contributed by atoms with Gasteiger partial charge in [0.2, 0.25) is 0 Å². The number of fused-ring (bicyclic) bond motifs is 1. The van der Waals surface area contributed by atoms with Gasteiger partial charge >= 0.3 is 0 Å². The molecule has 1 atom stereocenters. The second-order valence-electron chi connectivity index (χ2n) is 7.47. The van der Waals surface area contributed by atoms with Crippen LogP contribution >= 0.6 is 11.6 Å². The van der Waals surface area contributed by atoms with Gasteiger partial charge in [0.05, 0.1) is 12.2 Å². The molecular formula is C25H25ClN2O2. The monoisotopic (exact) mass is 420 g/mol. The van der Waals surface area contributed by atoms with Crippen LogP contribution in [0.15, 0.2) is 66.7 Å². The van der Waals surface area contributed by atoms with Crippen LogP contribution in [0.25, 0.3) is 0 Å². The van der Waals surface area contributed by atoms with Gasteiger partial charge in [0.15, 0.2) is 0 Å². The lowest BCUT2D eigenvalue weighted by Crippen LogP contribution is -2.43. The SMILES string of the molecule is CCCCOc1ccc(C2Nc3ccccc3C(=O)N2c2ccc(C)c(Cl)c2)cc1. The summed E-state index contributed by atoms with van der Waals surface area (Å²) in [5.41, 5.74) is 4.17. The Morgan fingerprint density at radius 3 is 2.57 bits per heavy atom. The maximum atomic E-state index is 13.5. The van der Waals surface area contributed by atoms with Gasteiger partial charge in [0.1, 0.15) is 11.9 Å². The Bertz CT molecular complexity index is 1050. The number of halogens is 1. The molecule has 1 aliphatic rings. The molecule has 0 saturated carbocycles. The zero-order valence-corrected chi connectivity index (χ0v) is 17.9. The molecule has 154 valence electrons. The van der Waals surface area contributed by atoms with E-state index >= 15 is 0 Å². The number of para-hydroxylation sites is 1. The molecule has 1 heterocycles. The van der Waals surface area contributed by atoms with Crippen LogP contribution < -0.4 is 15.0 Å². The van der Waals surface area contributed by atoms with Crippen LogP contribution in [0.3, 0.4) is 0 Å². The lowest BCUT2D eigenvalue weighted by Gasteiger charge is -2.38. The number of aryl methyl sites for hydroxylation is 1.